The zero-order valence-electron chi connectivity index (χ0n) is 18.6. The number of aliphatic imine (C=N–C) groups is 1. The van der Waals surface area contributed by atoms with Crippen LogP contribution in [-0.2, 0) is 26.6 Å². The summed E-state index contributed by atoms with van der Waals surface area (Å²) in [4.78, 5) is 4.75. The number of nitrogens with zero attached hydrogens (tertiary/aromatic N) is 4. The van der Waals surface area contributed by atoms with Crippen molar-refractivity contribution in [3.8, 4) is 5.75 Å². The van der Waals surface area contributed by atoms with Crippen molar-refractivity contribution in [1.82, 2.24) is 25.4 Å². The maximum Gasteiger partial charge on any atom is 0.191 e. The summed E-state index contributed by atoms with van der Waals surface area (Å²) in [5, 5.41) is 15.1. The highest BCUT2D eigenvalue weighted by Gasteiger charge is 2.06. The molecule has 0 aliphatic carbocycles. The zero-order valence-corrected chi connectivity index (χ0v) is 20.9. The first-order valence-corrected chi connectivity index (χ1v) is 10.1. The molecule has 7 nitrogen and oxygen atoms in total. The van der Waals surface area contributed by atoms with Gasteiger partial charge in [-0.1, -0.05) is 42.0 Å². The van der Waals surface area contributed by atoms with Crippen molar-refractivity contribution in [1.29, 1.82) is 0 Å². The monoisotopic (exact) mass is 534 g/mol. The number of rotatable bonds is 8. The van der Waals surface area contributed by atoms with Crippen LogP contribution in [0.3, 0.4) is 0 Å². The van der Waals surface area contributed by atoms with Crippen LogP contribution in [0, 0.1) is 13.8 Å². The number of hydrogen-bond acceptors (Lipinski definition) is 4. The molecule has 8 heteroatoms. The van der Waals surface area contributed by atoms with E-state index in [-0.39, 0.29) is 24.0 Å². The van der Waals surface area contributed by atoms with E-state index in [1.165, 1.54) is 16.7 Å². The van der Waals surface area contributed by atoms with Crippen LogP contribution in [0.4, 0.5) is 0 Å². The quantitative estimate of drug-likeness (QED) is 0.263. The Balaban J connectivity index is 0.00000341. The van der Waals surface area contributed by atoms with Gasteiger partial charge in [0.1, 0.15) is 11.6 Å². The lowest BCUT2D eigenvalue weighted by atomic mass is 10.1. The number of guanidine groups is 1. The van der Waals surface area contributed by atoms with E-state index in [0.717, 1.165) is 36.3 Å². The zero-order chi connectivity index (χ0) is 21.3. The van der Waals surface area contributed by atoms with Gasteiger partial charge in [0.15, 0.2) is 11.8 Å². The Labute approximate surface area is 201 Å². The molecule has 0 saturated heterocycles. The van der Waals surface area contributed by atoms with Crippen LogP contribution in [-0.4, -0.2) is 34.4 Å². The van der Waals surface area contributed by atoms with Gasteiger partial charge in [-0.15, -0.1) is 34.2 Å². The molecule has 0 unspecified atom stereocenters. The summed E-state index contributed by atoms with van der Waals surface area (Å²) < 4.78 is 7.19. The fourth-order valence-electron chi connectivity index (χ4n) is 2.92. The maximum absolute atomic E-state index is 5.22. The van der Waals surface area contributed by atoms with Gasteiger partial charge in [0.2, 0.25) is 0 Å². The molecule has 1 heterocycles. The van der Waals surface area contributed by atoms with Gasteiger partial charge in [0.25, 0.3) is 0 Å². The van der Waals surface area contributed by atoms with Crippen LogP contribution in [0.1, 0.15) is 28.3 Å². The Morgan fingerprint density at radius 1 is 0.968 bits per heavy atom. The van der Waals surface area contributed by atoms with Crippen molar-refractivity contribution in [2.75, 3.05) is 13.7 Å². The molecule has 1 aromatic heterocycles. The Morgan fingerprint density at radius 3 is 2.26 bits per heavy atom. The van der Waals surface area contributed by atoms with E-state index >= 15 is 0 Å². The second-order valence-corrected chi connectivity index (χ2v) is 7.25. The molecule has 0 aliphatic rings. The first-order chi connectivity index (χ1) is 14.5. The van der Waals surface area contributed by atoms with Gasteiger partial charge < -0.3 is 19.9 Å². The normalized spacial score (nSPS) is 11.0. The van der Waals surface area contributed by atoms with Gasteiger partial charge in [0, 0.05) is 13.6 Å². The van der Waals surface area contributed by atoms with E-state index in [0.29, 0.717) is 13.1 Å². The number of ether oxygens (including phenoxy) is 1. The third-order valence-electron chi connectivity index (χ3n) is 5.00. The predicted molar refractivity (Wildman–Crippen MR) is 135 cm³/mol. The smallest absolute Gasteiger partial charge is 0.191 e. The van der Waals surface area contributed by atoms with Crippen molar-refractivity contribution in [2.45, 2.75) is 33.4 Å². The minimum Gasteiger partial charge on any atom is -0.497 e. The van der Waals surface area contributed by atoms with Crippen LogP contribution in [0.5, 0.6) is 5.75 Å². The highest BCUT2D eigenvalue weighted by atomic mass is 127. The number of aromatic nitrogens is 3. The molecule has 0 saturated carbocycles. The van der Waals surface area contributed by atoms with Crippen molar-refractivity contribution >= 4 is 29.9 Å². The molecular weight excluding hydrogens is 503 g/mol. The van der Waals surface area contributed by atoms with Crippen molar-refractivity contribution in [3.05, 3.63) is 76.9 Å². The molecule has 0 radical (unpaired) electrons. The second-order valence-electron chi connectivity index (χ2n) is 7.25. The SMILES string of the molecule is COc1ccc(CCNC(=NCc2ccc(C)cc2)NCc2nnc(C)n2C)cc1.I. The van der Waals surface area contributed by atoms with Crippen LogP contribution >= 0.6 is 24.0 Å². The van der Waals surface area contributed by atoms with E-state index in [9.17, 15) is 0 Å². The lowest BCUT2D eigenvalue weighted by Gasteiger charge is -2.13. The molecule has 3 aromatic rings. The topological polar surface area (TPSA) is 76.4 Å². The predicted octanol–water partition coefficient (Wildman–Crippen LogP) is 3.54. The number of methoxy groups -OCH3 is 1. The summed E-state index contributed by atoms with van der Waals surface area (Å²) in [5.74, 6) is 3.38. The average Bonchev–Trinajstić information content (AvgIpc) is 3.09. The second kappa shape index (κ2) is 12.3. The molecule has 166 valence electrons. The third-order valence-corrected chi connectivity index (χ3v) is 5.00. The van der Waals surface area contributed by atoms with Crippen LogP contribution in [0.2, 0.25) is 0 Å². The number of aryl methyl sites for hydroxylation is 2. The summed E-state index contributed by atoms with van der Waals surface area (Å²) in [6.45, 7) is 5.96. The van der Waals surface area contributed by atoms with Crippen molar-refractivity contribution in [2.24, 2.45) is 12.0 Å². The number of nitrogens with one attached hydrogen (secondary N) is 2. The molecule has 0 fully saturated rings. The Hall–Kier alpha value is -2.62. The summed E-state index contributed by atoms with van der Waals surface area (Å²) in [6, 6.07) is 16.6. The van der Waals surface area contributed by atoms with Crippen LogP contribution in [0.15, 0.2) is 53.5 Å². The lowest BCUT2D eigenvalue weighted by Crippen LogP contribution is -2.38. The van der Waals surface area contributed by atoms with Gasteiger partial charge in [-0.25, -0.2) is 4.99 Å². The largest absolute Gasteiger partial charge is 0.497 e. The summed E-state index contributed by atoms with van der Waals surface area (Å²) in [5.41, 5.74) is 3.66. The number of hydrogen-bond donors (Lipinski definition) is 2. The number of benzene rings is 2. The van der Waals surface area contributed by atoms with E-state index in [1.54, 1.807) is 7.11 Å². The first-order valence-electron chi connectivity index (χ1n) is 10.1. The highest BCUT2D eigenvalue weighted by molar-refractivity contribution is 14.0. The van der Waals surface area contributed by atoms with Crippen LogP contribution < -0.4 is 15.4 Å². The Morgan fingerprint density at radius 2 is 1.65 bits per heavy atom. The molecule has 2 aromatic carbocycles. The molecule has 0 amide bonds. The fraction of sp³-hybridized carbons (Fsp3) is 0.348. The van der Waals surface area contributed by atoms with E-state index in [2.05, 4.69) is 64.2 Å². The third kappa shape index (κ3) is 7.54. The van der Waals surface area contributed by atoms with E-state index in [4.69, 9.17) is 9.73 Å². The van der Waals surface area contributed by atoms with Gasteiger partial charge >= 0.3 is 0 Å². The van der Waals surface area contributed by atoms with Crippen LogP contribution in [0.25, 0.3) is 0 Å². The summed E-state index contributed by atoms with van der Waals surface area (Å²) in [7, 11) is 3.64. The van der Waals surface area contributed by atoms with Gasteiger partial charge in [-0.3, -0.25) is 0 Å². The molecule has 0 spiro atoms. The molecule has 0 bridgehead atoms. The van der Waals surface area contributed by atoms with Gasteiger partial charge in [0.05, 0.1) is 20.2 Å². The molecular formula is C23H31IN6O. The summed E-state index contributed by atoms with van der Waals surface area (Å²) >= 11 is 0. The lowest BCUT2D eigenvalue weighted by molar-refractivity contribution is 0.414. The molecule has 0 atom stereocenters. The Bertz CT molecular complexity index is 967. The van der Waals surface area contributed by atoms with Gasteiger partial charge in [-0.05, 0) is 43.5 Å². The minimum atomic E-state index is 0. The average molecular weight is 534 g/mol. The molecule has 0 aliphatic heterocycles. The first kappa shape index (κ1) is 24.6. The minimum absolute atomic E-state index is 0. The molecule has 3 rings (SSSR count). The maximum atomic E-state index is 5.22. The summed E-state index contributed by atoms with van der Waals surface area (Å²) in [6.07, 6.45) is 0.887. The van der Waals surface area contributed by atoms with Gasteiger partial charge in [-0.2, -0.15) is 0 Å². The van der Waals surface area contributed by atoms with E-state index in [1.807, 2.05) is 30.7 Å². The molecule has 31 heavy (non-hydrogen) atoms. The van der Waals surface area contributed by atoms with Crippen molar-refractivity contribution < 1.29 is 4.74 Å². The number of halogens is 1. The standard InChI is InChI=1S/C23H30N6O.HI/c1-17-5-7-20(8-6-17)15-25-23(26-16-22-28-27-18(2)29(22)3)24-14-13-19-9-11-21(30-4)12-10-19;/h5-12H,13-16H2,1-4H3,(H2,24,25,26);1H. The Kier molecular flexibility index (Phi) is 9.77. The highest BCUT2D eigenvalue weighted by Crippen LogP contribution is 2.11. The van der Waals surface area contributed by atoms with Crippen molar-refractivity contribution in [3.63, 3.8) is 0 Å². The van der Waals surface area contributed by atoms with E-state index < -0.39 is 0 Å². The fourth-order valence-corrected chi connectivity index (χ4v) is 2.92. The molecule has 2 N–H and O–H groups in total.